The molecule has 0 radical (unpaired) electrons. The normalized spacial score (nSPS) is 12.3. The number of alkyl carbamates (subject to hydrolysis) is 1. The number of rotatable bonds is 12. The molecule has 0 saturated heterocycles. The monoisotopic (exact) mass is 532 g/mol. The van der Waals surface area contributed by atoms with Gasteiger partial charge in [-0.25, -0.2) is 4.79 Å². The number of benzene rings is 4. The van der Waals surface area contributed by atoms with Crippen molar-refractivity contribution in [3.05, 3.63) is 150 Å². The number of carbonyl (C=O) groups is 3. The number of ether oxygens (including phenoxy) is 1. The highest BCUT2D eigenvalue weighted by atomic mass is 16.5. The number of nitrogens with one attached hydrogen (secondary N) is 2. The van der Waals surface area contributed by atoms with Gasteiger partial charge in [0.2, 0.25) is 5.91 Å². The van der Waals surface area contributed by atoms with E-state index in [1.165, 1.54) is 6.08 Å². The van der Waals surface area contributed by atoms with Crippen LogP contribution < -0.4 is 10.6 Å². The second-order valence-electron chi connectivity index (χ2n) is 9.35. The van der Waals surface area contributed by atoms with Crippen molar-refractivity contribution in [2.45, 2.75) is 31.5 Å². The first-order valence-corrected chi connectivity index (χ1v) is 13.2. The molecular formula is C34H32N2O4. The van der Waals surface area contributed by atoms with Crippen LogP contribution in [0.5, 0.6) is 0 Å². The lowest BCUT2D eigenvalue weighted by Gasteiger charge is -2.22. The summed E-state index contributed by atoms with van der Waals surface area (Å²) in [5.74, 6) is -0.714. The maximum absolute atomic E-state index is 13.6. The van der Waals surface area contributed by atoms with Gasteiger partial charge >= 0.3 is 6.09 Å². The lowest BCUT2D eigenvalue weighted by molar-refractivity contribution is -0.127. The predicted molar refractivity (Wildman–Crippen MR) is 156 cm³/mol. The third-order valence-electron chi connectivity index (χ3n) is 6.29. The van der Waals surface area contributed by atoms with E-state index in [1.54, 1.807) is 6.08 Å². The van der Waals surface area contributed by atoms with Crippen molar-refractivity contribution >= 4 is 23.9 Å². The molecule has 40 heavy (non-hydrogen) atoms. The van der Waals surface area contributed by atoms with Gasteiger partial charge in [-0.15, -0.1) is 0 Å². The maximum Gasteiger partial charge on any atom is 0.408 e. The Morgan fingerprint density at radius 1 is 0.600 bits per heavy atom. The quantitative estimate of drug-likeness (QED) is 0.235. The Morgan fingerprint density at radius 2 is 1.07 bits per heavy atom. The van der Waals surface area contributed by atoms with E-state index in [1.807, 2.05) is 121 Å². The molecule has 0 aromatic heterocycles. The van der Waals surface area contributed by atoms with Crippen LogP contribution in [0.1, 0.15) is 22.3 Å². The number of hydrogen-bond donors (Lipinski definition) is 2. The SMILES string of the molecule is O=C(N[C@@H](Cc1ccccc1)C(=O)N[C@@H](Cc1ccccc1)C(=O)/C=C/c1ccccc1)OCc1ccccc1. The molecular weight excluding hydrogens is 500 g/mol. The fraction of sp³-hybridized carbons (Fsp3) is 0.147. The van der Waals surface area contributed by atoms with Crippen molar-refractivity contribution in [1.29, 1.82) is 0 Å². The minimum Gasteiger partial charge on any atom is -0.445 e. The third kappa shape index (κ3) is 9.10. The van der Waals surface area contributed by atoms with Gasteiger partial charge in [-0.05, 0) is 28.3 Å². The Labute approximate surface area is 234 Å². The van der Waals surface area contributed by atoms with Gasteiger partial charge in [-0.3, -0.25) is 9.59 Å². The average molecular weight is 533 g/mol. The fourth-order valence-corrected chi connectivity index (χ4v) is 4.17. The number of carbonyl (C=O) groups excluding carboxylic acids is 3. The molecule has 0 aliphatic rings. The third-order valence-corrected chi connectivity index (χ3v) is 6.29. The second-order valence-corrected chi connectivity index (χ2v) is 9.35. The van der Waals surface area contributed by atoms with Crippen molar-refractivity contribution in [3.63, 3.8) is 0 Å². The summed E-state index contributed by atoms with van der Waals surface area (Å²) in [6.45, 7) is 0.0751. The molecule has 0 spiro atoms. The van der Waals surface area contributed by atoms with E-state index in [-0.39, 0.29) is 18.8 Å². The van der Waals surface area contributed by atoms with Crippen LogP contribution in [0.3, 0.4) is 0 Å². The van der Waals surface area contributed by atoms with Crippen LogP contribution in [0.2, 0.25) is 0 Å². The first-order valence-electron chi connectivity index (χ1n) is 13.2. The van der Waals surface area contributed by atoms with Crippen LogP contribution in [-0.4, -0.2) is 29.9 Å². The van der Waals surface area contributed by atoms with Crippen LogP contribution in [0.25, 0.3) is 6.08 Å². The van der Waals surface area contributed by atoms with Crippen LogP contribution in [-0.2, 0) is 33.8 Å². The largest absolute Gasteiger partial charge is 0.445 e. The van der Waals surface area contributed by atoms with E-state index in [4.69, 9.17) is 4.74 Å². The molecule has 4 rings (SSSR count). The summed E-state index contributed by atoms with van der Waals surface area (Å²) in [4.78, 5) is 39.6. The minimum atomic E-state index is -0.949. The first-order chi connectivity index (χ1) is 19.6. The fourth-order valence-electron chi connectivity index (χ4n) is 4.17. The topological polar surface area (TPSA) is 84.5 Å². The van der Waals surface area contributed by atoms with E-state index in [9.17, 15) is 14.4 Å². The van der Waals surface area contributed by atoms with Gasteiger partial charge in [0.25, 0.3) is 0 Å². The molecule has 2 amide bonds. The van der Waals surface area contributed by atoms with E-state index >= 15 is 0 Å². The molecule has 0 heterocycles. The average Bonchev–Trinajstić information content (AvgIpc) is 3.00. The van der Waals surface area contributed by atoms with Gasteiger partial charge in [0.1, 0.15) is 12.6 Å². The standard InChI is InChI=1S/C34H32N2O4/c37-32(22-21-26-13-5-1-6-14-26)30(23-27-15-7-2-8-16-27)35-33(38)31(24-28-17-9-3-10-18-28)36-34(39)40-25-29-19-11-4-12-20-29/h1-22,30-31H,23-25H2,(H,35,38)(H,36,39)/b22-21+/t30-,31-/m0/s1. The second kappa shape index (κ2) is 14.8. The van der Waals surface area contributed by atoms with Crippen molar-refractivity contribution in [3.8, 4) is 0 Å². The summed E-state index contributed by atoms with van der Waals surface area (Å²) in [6.07, 6.45) is 3.04. The molecule has 2 N–H and O–H groups in total. The van der Waals surface area contributed by atoms with Gasteiger partial charge in [-0.2, -0.15) is 0 Å². The molecule has 0 aliphatic carbocycles. The van der Waals surface area contributed by atoms with Crippen molar-refractivity contribution in [2.75, 3.05) is 0 Å². The molecule has 2 atom stereocenters. The van der Waals surface area contributed by atoms with Gasteiger partial charge < -0.3 is 15.4 Å². The summed E-state index contributed by atoms with van der Waals surface area (Å²) in [7, 11) is 0. The Bertz CT molecular complexity index is 1390. The van der Waals surface area contributed by atoms with E-state index in [0.717, 1.165) is 22.3 Å². The zero-order valence-electron chi connectivity index (χ0n) is 22.1. The molecule has 4 aromatic rings. The summed E-state index contributed by atoms with van der Waals surface area (Å²) in [6, 6.07) is 35.9. The molecule has 0 saturated carbocycles. The molecule has 0 unspecified atom stereocenters. The summed E-state index contributed by atoms with van der Waals surface area (Å²) < 4.78 is 5.37. The summed E-state index contributed by atoms with van der Waals surface area (Å²) in [5.41, 5.74) is 3.48. The molecule has 0 aliphatic heterocycles. The van der Waals surface area contributed by atoms with Gasteiger partial charge in [-0.1, -0.05) is 127 Å². The summed E-state index contributed by atoms with van der Waals surface area (Å²) in [5, 5.41) is 5.59. The molecule has 0 fully saturated rings. The Balaban J connectivity index is 1.50. The van der Waals surface area contributed by atoms with Crippen LogP contribution in [0.4, 0.5) is 4.79 Å². The van der Waals surface area contributed by atoms with Crippen molar-refractivity contribution in [1.82, 2.24) is 10.6 Å². The van der Waals surface area contributed by atoms with Crippen LogP contribution >= 0.6 is 0 Å². The van der Waals surface area contributed by atoms with E-state index < -0.39 is 24.1 Å². The number of hydrogen-bond acceptors (Lipinski definition) is 4. The first kappa shape index (κ1) is 28.0. The lowest BCUT2D eigenvalue weighted by Crippen LogP contribution is -2.53. The van der Waals surface area contributed by atoms with Gasteiger partial charge in [0, 0.05) is 12.8 Å². The van der Waals surface area contributed by atoms with Gasteiger partial charge in [0.05, 0.1) is 6.04 Å². The maximum atomic E-state index is 13.6. The highest BCUT2D eigenvalue weighted by molar-refractivity contribution is 6.00. The Hall–Kier alpha value is -4.97. The zero-order chi connectivity index (χ0) is 28.0. The number of amides is 2. The smallest absolute Gasteiger partial charge is 0.408 e. The molecule has 6 heteroatoms. The molecule has 4 aromatic carbocycles. The highest BCUT2D eigenvalue weighted by Gasteiger charge is 2.27. The van der Waals surface area contributed by atoms with E-state index in [0.29, 0.717) is 6.42 Å². The predicted octanol–water partition coefficient (Wildman–Crippen LogP) is 5.53. The molecule has 202 valence electrons. The van der Waals surface area contributed by atoms with Crippen molar-refractivity contribution in [2.24, 2.45) is 0 Å². The van der Waals surface area contributed by atoms with Crippen LogP contribution in [0, 0.1) is 0 Å². The van der Waals surface area contributed by atoms with Crippen LogP contribution in [0.15, 0.2) is 127 Å². The Morgan fingerprint density at radius 3 is 1.62 bits per heavy atom. The lowest BCUT2D eigenvalue weighted by atomic mass is 10.00. The Kier molecular flexibility index (Phi) is 10.4. The van der Waals surface area contributed by atoms with Gasteiger partial charge in [0.15, 0.2) is 5.78 Å². The summed E-state index contributed by atoms with van der Waals surface area (Å²) >= 11 is 0. The minimum absolute atomic E-state index is 0.0751. The van der Waals surface area contributed by atoms with Crippen molar-refractivity contribution < 1.29 is 19.1 Å². The van der Waals surface area contributed by atoms with E-state index in [2.05, 4.69) is 10.6 Å². The number of ketones is 1. The molecule has 0 bridgehead atoms. The zero-order valence-corrected chi connectivity index (χ0v) is 22.1. The highest BCUT2D eigenvalue weighted by Crippen LogP contribution is 2.10. The molecule has 6 nitrogen and oxygen atoms in total.